The van der Waals surface area contributed by atoms with Gasteiger partial charge in [0.2, 0.25) is 0 Å². The molecule has 25 heavy (non-hydrogen) atoms. The second-order valence-electron chi connectivity index (χ2n) is 5.84. The van der Waals surface area contributed by atoms with E-state index in [2.05, 4.69) is 4.98 Å². The molecular formula is C17H17FN4O2S. The van der Waals surface area contributed by atoms with Crippen LogP contribution in [0.15, 0.2) is 35.4 Å². The van der Waals surface area contributed by atoms with E-state index in [0.717, 1.165) is 5.56 Å². The number of aliphatic hydroxyl groups is 1. The third-order valence-corrected chi connectivity index (χ3v) is 5.13. The summed E-state index contributed by atoms with van der Waals surface area (Å²) < 4.78 is 18.4. The number of benzene rings is 1. The standard InChI is InChI=1S/C17H17FN4O2S/c18-12-3-1-11(2-4-12)13-10-25-17(20-13)15-14(23)9-22(16(15)19)21-5-7-24-8-6-21/h1-4,10,19,23H,5-9H2. The smallest absolute Gasteiger partial charge is 0.149 e. The number of aromatic nitrogens is 1. The minimum Gasteiger partial charge on any atom is -0.509 e. The monoisotopic (exact) mass is 360 g/mol. The number of thiazole rings is 1. The number of nitrogens with one attached hydrogen (secondary N) is 1. The quantitative estimate of drug-likeness (QED) is 0.881. The van der Waals surface area contributed by atoms with Gasteiger partial charge >= 0.3 is 0 Å². The van der Waals surface area contributed by atoms with Crippen molar-refractivity contribution < 1.29 is 14.2 Å². The van der Waals surface area contributed by atoms with E-state index in [1.165, 1.54) is 23.5 Å². The van der Waals surface area contributed by atoms with E-state index >= 15 is 0 Å². The lowest BCUT2D eigenvalue weighted by Crippen LogP contribution is -2.49. The number of hydrogen-bond acceptors (Lipinski definition) is 6. The fourth-order valence-electron chi connectivity index (χ4n) is 2.97. The molecule has 1 fully saturated rings. The van der Waals surface area contributed by atoms with E-state index in [4.69, 9.17) is 10.1 Å². The van der Waals surface area contributed by atoms with E-state index in [1.54, 1.807) is 17.1 Å². The molecule has 1 saturated heterocycles. The molecule has 2 aliphatic rings. The molecule has 8 heteroatoms. The molecule has 3 heterocycles. The van der Waals surface area contributed by atoms with Gasteiger partial charge in [0.15, 0.2) is 0 Å². The first-order valence-corrected chi connectivity index (χ1v) is 8.84. The highest BCUT2D eigenvalue weighted by atomic mass is 32.1. The first kappa shape index (κ1) is 16.2. The third-order valence-electron chi connectivity index (χ3n) is 4.27. The molecule has 0 saturated carbocycles. The van der Waals surface area contributed by atoms with Gasteiger partial charge in [-0.2, -0.15) is 0 Å². The van der Waals surface area contributed by atoms with Crippen LogP contribution in [0.1, 0.15) is 5.01 Å². The van der Waals surface area contributed by atoms with Crippen molar-refractivity contribution in [3.05, 3.63) is 46.2 Å². The molecule has 2 aliphatic heterocycles. The molecule has 4 rings (SSSR count). The van der Waals surface area contributed by atoms with Gasteiger partial charge in [0.05, 0.1) is 31.0 Å². The van der Waals surface area contributed by atoms with E-state index in [9.17, 15) is 9.50 Å². The molecule has 0 radical (unpaired) electrons. The summed E-state index contributed by atoms with van der Waals surface area (Å²) in [6.45, 7) is 2.90. The van der Waals surface area contributed by atoms with E-state index in [0.29, 0.717) is 42.6 Å². The number of rotatable bonds is 3. The molecule has 0 spiro atoms. The maximum atomic E-state index is 13.1. The van der Waals surface area contributed by atoms with Gasteiger partial charge in [-0.1, -0.05) is 0 Å². The molecular weight excluding hydrogens is 343 g/mol. The Balaban J connectivity index is 1.58. The first-order valence-electron chi connectivity index (χ1n) is 7.96. The summed E-state index contributed by atoms with van der Waals surface area (Å²) in [7, 11) is 0. The molecule has 0 unspecified atom stereocenters. The molecule has 0 amide bonds. The Morgan fingerprint density at radius 2 is 1.92 bits per heavy atom. The van der Waals surface area contributed by atoms with Crippen molar-refractivity contribution in [2.75, 3.05) is 32.8 Å². The van der Waals surface area contributed by atoms with Gasteiger partial charge in [0.1, 0.15) is 22.4 Å². The molecule has 0 aliphatic carbocycles. The molecule has 6 nitrogen and oxygen atoms in total. The molecule has 0 bridgehead atoms. The number of amidine groups is 1. The predicted molar refractivity (Wildman–Crippen MR) is 93.9 cm³/mol. The van der Waals surface area contributed by atoms with Crippen LogP contribution in [0.5, 0.6) is 0 Å². The molecule has 2 aromatic rings. The number of hydrazine groups is 1. The first-order chi connectivity index (χ1) is 12.1. The molecule has 130 valence electrons. The fourth-order valence-corrected chi connectivity index (χ4v) is 3.86. The van der Waals surface area contributed by atoms with Crippen molar-refractivity contribution in [3.8, 4) is 11.3 Å². The van der Waals surface area contributed by atoms with Crippen LogP contribution in [-0.2, 0) is 4.74 Å². The highest BCUT2D eigenvalue weighted by molar-refractivity contribution is 7.11. The van der Waals surface area contributed by atoms with E-state index < -0.39 is 0 Å². The summed E-state index contributed by atoms with van der Waals surface area (Å²) in [6.07, 6.45) is 0. The second-order valence-corrected chi connectivity index (χ2v) is 6.70. The zero-order chi connectivity index (χ0) is 17.4. The van der Waals surface area contributed by atoms with Gasteiger partial charge in [-0.25, -0.2) is 14.4 Å². The summed E-state index contributed by atoms with van der Waals surface area (Å²) >= 11 is 1.37. The van der Waals surface area contributed by atoms with Crippen molar-refractivity contribution in [2.45, 2.75) is 0 Å². The lowest BCUT2D eigenvalue weighted by Gasteiger charge is -2.35. The minimum atomic E-state index is -0.293. The van der Waals surface area contributed by atoms with Crippen LogP contribution in [0.2, 0.25) is 0 Å². The zero-order valence-electron chi connectivity index (χ0n) is 13.4. The second kappa shape index (κ2) is 6.55. The molecule has 2 N–H and O–H groups in total. The van der Waals surface area contributed by atoms with Gasteiger partial charge in [-0.15, -0.1) is 11.3 Å². The third kappa shape index (κ3) is 3.04. The Kier molecular flexibility index (Phi) is 4.24. The van der Waals surface area contributed by atoms with Crippen LogP contribution in [0.3, 0.4) is 0 Å². The van der Waals surface area contributed by atoms with Crippen LogP contribution in [-0.4, -0.2) is 58.8 Å². The highest BCUT2D eigenvalue weighted by Gasteiger charge is 2.34. The fraction of sp³-hybridized carbons (Fsp3) is 0.294. The summed E-state index contributed by atoms with van der Waals surface area (Å²) in [5.41, 5.74) is 1.97. The average molecular weight is 360 g/mol. The number of hydrogen-bond donors (Lipinski definition) is 2. The van der Waals surface area contributed by atoms with Crippen molar-refractivity contribution in [1.82, 2.24) is 15.0 Å². The van der Waals surface area contributed by atoms with Crippen molar-refractivity contribution >= 4 is 22.7 Å². The van der Waals surface area contributed by atoms with Crippen LogP contribution in [0.25, 0.3) is 16.8 Å². The van der Waals surface area contributed by atoms with Crippen molar-refractivity contribution in [3.63, 3.8) is 0 Å². The van der Waals surface area contributed by atoms with Gasteiger partial charge in [0, 0.05) is 24.0 Å². The van der Waals surface area contributed by atoms with Gasteiger partial charge in [-0.05, 0) is 24.3 Å². The predicted octanol–water partition coefficient (Wildman–Crippen LogP) is 2.76. The van der Waals surface area contributed by atoms with Crippen LogP contribution >= 0.6 is 11.3 Å². The number of aliphatic hydroxyl groups excluding tert-OH is 1. The Morgan fingerprint density at radius 1 is 1.20 bits per heavy atom. The number of ether oxygens (including phenoxy) is 1. The van der Waals surface area contributed by atoms with Crippen LogP contribution < -0.4 is 0 Å². The summed E-state index contributed by atoms with van der Waals surface area (Å²) in [5, 5.41) is 25.1. The molecule has 1 aromatic heterocycles. The number of nitrogens with zero attached hydrogens (tertiary/aromatic N) is 3. The maximum absolute atomic E-state index is 13.1. The van der Waals surface area contributed by atoms with Gasteiger partial charge in [0.25, 0.3) is 0 Å². The summed E-state index contributed by atoms with van der Waals surface area (Å²) in [6, 6.07) is 6.12. The molecule has 1 aromatic carbocycles. The van der Waals surface area contributed by atoms with E-state index in [1.807, 2.05) is 10.4 Å². The Morgan fingerprint density at radius 3 is 2.64 bits per heavy atom. The Hall–Kier alpha value is -2.29. The SMILES string of the molecule is N=C1C(c2nc(-c3ccc(F)cc3)cs2)=C(O)CN1N1CCOCC1. The lowest BCUT2D eigenvalue weighted by molar-refractivity contribution is -0.0465. The Labute approximate surface area is 148 Å². The minimum absolute atomic E-state index is 0.150. The highest BCUT2D eigenvalue weighted by Crippen LogP contribution is 2.33. The zero-order valence-corrected chi connectivity index (χ0v) is 14.2. The maximum Gasteiger partial charge on any atom is 0.149 e. The number of halogens is 1. The van der Waals surface area contributed by atoms with Crippen molar-refractivity contribution in [2.24, 2.45) is 0 Å². The lowest BCUT2D eigenvalue weighted by atomic mass is 10.2. The van der Waals surface area contributed by atoms with Gasteiger partial charge < -0.3 is 9.84 Å². The normalized spacial score (nSPS) is 19.1. The Bertz CT molecular complexity index is 827. The van der Waals surface area contributed by atoms with E-state index in [-0.39, 0.29) is 24.0 Å². The summed E-state index contributed by atoms with van der Waals surface area (Å²) in [4.78, 5) is 4.54. The topological polar surface area (TPSA) is 72.7 Å². The average Bonchev–Trinajstić information content (AvgIpc) is 3.21. The van der Waals surface area contributed by atoms with Crippen LogP contribution in [0.4, 0.5) is 4.39 Å². The molecule has 0 atom stereocenters. The van der Waals surface area contributed by atoms with Gasteiger partial charge in [-0.3, -0.25) is 10.4 Å². The van der Waals surface area contributed by atoms with Crippen LogP contribution in [0, 0.1) is 11.2 Å². The number of morpholine rings is 1. The van der Waals surface area contributed by atoms with Crippen molar-refractivity contribution in [1.29, 1.82) is 5.41 Å². The summed E-state index contributed by atoms with van der Waals surface area (Å²) in [5.74, 6) is 0.106. The largest absolute Gasteiger partial charge is 0.509 e.